The molecule has 0 saturated heterocycles. The highest BCUT2D eigenvalue weighted by atomic mass is 32.2. The molecule has 0 unspecified atom stereocenters. The Kier molecular flexibility index (Phi) is 7.33. The normalized spacial score (nSPS) is 13.6. The van der Waals surface area contributed by atoms with Crippen molar-refractivity contribution in [3.05, 3.63) is 0 Å². The van der Waals surface area contributed by atoms with E-state index in [4.69, 9.17) is 5.11 Å². The highest BCUT2D eigenvalue weighted by Crippen LogP contribution is 2.04. The molecule has 0 aromatic carbocycles. The summed E-state index contributed by atoms with van der Waals surface area (Å²) in [5, 5.41) is 8.86. The average molecular weight is 251 g/mol. The van der Waals surface area contributed by atoms with E-state index in [1.54, 1.807) is 0 Å². The zero-order chi connectivity index (χ0) is 12.6. The predicted octanol–water partition coefficient (Wildman–Crippen LogP) is 1.35. The fourth-order valence-electron chi connectivity index (χ4n) is 1.25. The topological polar surface area (TPSA) is 83.5 Å². The molecule has 0 rings (SSSR count). The maximum atomic E-state index is 11.5. The summed E-state index contributed by atoms with van der Waals surface area (Å²) in [6.07, 6.45) is 3.22. The third-order valence-corrected chi connectivity index (χ3v) is 3.70. The van der Waals surface area contributed by atoms with E-state index in [1.807, 2.05) is 13.8 Å². The van der Waals surface area contributed by atoms with Crippen LogP contribution in [0.15, 0.2) is 0 Å². The van der Waals surface area contributed by atoms with E-state index < -0.39 is 22.0 Å². The van der Waals surface area contributed by atoms with Crippen LogP contribution in [-0.4, -0.2) is 31.3 Å². The van der Waals surface area contributed by atoms with E-state index in [9.17, 15) is 13.2 Å². The molecule has 16 heavy (non-hydrogen) atoms. The first-order valence-corrected chi connectivity index (χ1v) is 7.31. The van der Waals surface area contributed by atoms with Crippen LogP contribution in [0.1, 0.15) is 46.0 Å². The number of carboxylic acids is 1. The summed E-state index contributed by atoms with van der Waals surface area (Å²) in [6, 6.07) is -0.984. The molecule has 0 saturated carbocycles. The van der Waals surface area contributed by atoms with Gasteiger partial charge < -0.3 is 5.11 Å². The van der Waals surface area contributed by atoms with E-state index in [0.717, 1.165) is 12.8 Å². The third kappa shape index (κ3) is 6.79. The van der Waals surface area contributed by atoms with Gasteiger partial charge in [0.1, 0.15) is 6.04 Å². The van der Waals surface area contributed by atoms with Gasteiger partial charge in [0.2, 0.25) is 10.0 Å². The van der Waals surface area contributed by atoms with Gasteiger partial charge in [-0.1, -0.05) is 33.1 Å². The Morgan fingerprint density at radius 1 is 1.25 bits per heavy atom. The van der Waals surface area contributed by atoms with Crippen molar-refractivity contribution in [3.8, 4) is 0 Å². The Morgan fingerprint density at radius 3 is 2.25 bits per heavy atom. The van der Waals surface area contributed by atoms with Crippen LogP contribution in [0.3, 0.4) is 0 Å². The summed E-state index contributed by atoms with van der Waals surface area (Å²) >= 11 is 0. The second-order valence-corrected chi connectivity index (χ2v) is 5.70. The lowest BCUT2D eigenvalue weighted by atomic mass is 10.1. The van der Waals surface area contributed by atoms with Gasteiger partial charge in [0.15, 0.2) is 0 Å². The van der Waals surface area contributed by atoms with Crippen molar-refractivity contribution < 1.29 is 18.3 Å². The van der Waals surface area contributed by atoms with Crippen LogP contribution >= 0.6 is 0 Å². The molecule has 0 fully saturated rings. The van der Waals surface area contributed by atoms with Crippen molar-refractivity contribution in [2.75, 3.05) is 5.75 Å². The summed E-state index contributed by atoms with van der Waals surface area (Å²) in [5.41, 5.74) is 0. The van der Waals surface area contributed by atoms with Crippen molar-refractivity contribution in [2.45, 2.75) is 52.0 Å². The molecule has 0 aliphatic rings. The molecule has 0 heterocycles. The van der Waals surface area contributed by atoms with E-state index in [1.165, 1.54) is 0 Å². The lowest BCUT2D eigenvalue weighted by Gasteiger charge is -2.14. The van der Waals surface area contributed by atoms with Crippen LogP contribution in [0, 0.1) is 0 Å². The predicted molar refractivity (Wildman–Crippen MR) is 62.8 cm³/mol. The van der Waals surface area contributed by atoms with E-state index in [-0.39, 0.29) is 5.75 Å². The SMILES string of the molecule is CCCC[C@H](NS(=O)(=O)CCCC)C(=O)O. The van der Waals surface area contributed by atoms with Gasteiger partial charge in [0.05, 0.1) is 5.75 Å². The van der Waals surface area contributed by atoms with Crippen molar-refractivity contribution in [3.63, 3.8) is 0 Å². The van der Waals surface area contributed by atoms with Gasteiger partial charge in [-0.25, -0.2) is 13.1 Å². The zero-order valence-electron chi connectivity index (χ0n) is 9.90. The van der Waals surface area contributed by atoms with Crippen LogP contribution in [0.5, 0.6) is 0 Å². The molecule has 0 amide bonds. The number of aliphatic carboxylic acids is 1. The summed E-state index contributed by atoms with van der Waals surface area (Å²) in [6.45, 7) is 3.83. The molecular formula is C10H21NO4S. The standard InChI is InChI=1S/C10H21NO4S/c1-3-5-7-9(10(12)13)11-16(14,15)8-6-4-2/h9,11H,3-8H2,1-2H3,(H,12,13)/t9-/m0/s1. The second kappa shape index (κ2) is 7.62. The highest BCUT2D eigenvalue weighted by molar-refractivity contribution is 7.89. The van der Waals surface area contributed by atoms with Crippen LogP contribution < -0.4 is 4.72 Å². The number of nitrogens with one attached hydrogen (secondary N) is 1. The van der Waals surface area contributed by atoms with Crippen molar-refractivity contribution in [1.29, 1.82) is 0 Å². The molecule has 6 heteroatoms. The maximum absolute atomic E-state index is 11.5. The fraction of sp³-hybridized carbons (Fsp3) is 0.900. The van der Waals surface area contributed by atoms with E-state index >= 15 is 0 Å². The van der Waals surface area contributed by atoms with Crippen LogP contribution in [0.2, 0.25) is 0 Å². The second-order valence-electron chi connectivity index (χ2n) is 3.82. The van der Waals surface area contributed by atoms with E-state index in [0.29, 0.717) is 19.3 Å². The lowest BCUT2D eigenvalue weighted by molar-refractivity contribution is -0.139. The number of rotatable bonds is 9. The monoisotopic (exact) mass is 251 g/mol. The van der Waals surface area contributed by atoms with Gasteiger partial charge >= 0.3 is 5.97 Å². The number of unbranched alkanes of at least 4 members (excludes halogenated alkanes) is 2. The molecule has 0 aromatic rings. The highest BCUT2D eigenvalue weighted by Gasteiger charge is 2.22. The van der Waals surface area contributed by atoms with Gasteiger partial charge in [0.25, 0.3) is 0 Å². The first-order valence-electron chi connectivity index (χ1n) is 5.65. The molecule has 0 spiro atoms. The van der Waals surface area contributed by atoms with Crippen molar-refractivity contribution in [1.82, 2.24) is 4.72 Å². The van der Waals surface area contributed by atoms with Gasteiger partial charge in [-0.2, -0.15) is 0 Å². The molecule has 0 bridgehead atoms. The molecule has 2 N–H and O–H groups in total. The largest absolute Gasteiger partial charge is 0.480 e. The first-order chi connectivity index (χ1) is 7.43. The van der Waals surface area contributed by atoms with Crippen LogP contribution in [0.25, 0.3) is 0 Å². The maximum Gasteiger partial charge on any atom is 0.321 e. The van der Waals surface area contributed by atoms with Gasteiger partial charge in [-0.15, -0.1) is 0 Å². The molecule has 0 aliphatic carbocycles. The number of carboxylic acid groups (broad SMARTS) is 1. The molecular weight excluding hydrogens is 230 g/mol. The molecule has 0 aliphatic heterocycles. The Balaban J connectivity index is 4.32. The quantitative estimate of drug-likeness (QED) is 0.648. The van der Waals surface area contributed by atoms with Crippen molar-refractivity contribution in [2.24, 2.45) is 0 Å². The van der Waals surface area contributed by atoms with Crippen LogP contribution in [-0.2, 0) is 14.8 Å². The Morgan fingerprint density at radius 2 is 1.81 bits per heavy atom. The Hall–Kier alpha value is -0.620. The number of carbonyl (C=O) groups is 1. The Bertz CT molecular complexity index is 300. The summed E-state index contributed by atoms with van der Waals surface area (Å²) in [7, 11) is -3.45. The van der Waals surface area contributed by atoms with Crippen molar-refractivity contribution >= 4 is 16.0 Å². The first kappa shape index (κ1) is 15.4. The summed E-state index contributed by atoms with van der Waals surface area (Å²) in [4.78, 5) is 10.8. The van der Waals surface area contributed by atoms with Gasteiger partial charge in [-0.3, -0.25) is 4.79 Å². The summed E-state index contributed by atoms with van der Waals surface area (Å²) < 4.78 is 25.2. The zero-order valence-corrected chi connectivity index (χ0v) is 10.7. The van der Waals surface area contributed by atoms with Gasteiger partial charge in [0, 0.05) is 0 Å². The average Bonchev–Trinajstić information content (AvgIpc) is 2.21. The smallest absolute Gasteiger partial charge is 0.321 e. The number of hydrogen-bond donors (Lipinski definition) is 2. The van der Waals surface area contributed by atoms with E-state index in [2.05, 4.69) is 4.72 Å². The Labute approximate surface area is 97.3 Å². The third-order valence-electron chi connectivity index (χ3n) is 2.23. The molecule has 5 nitrogen and oxygen atoms in total. The molecule has 96 valence electrons. The number of hydrogen-bond acceptors (Lipinski definition) is 3. The minimum Gasteiger partial charge on any atom is -0.480 e. The minimum absolute atomic E-state index is 0.000590. The van der Waals surface area contributed by atoms with Gasteiger partial charge in [-0.05, 0) is 12.8 Å². The lowest BCUT2D eigenvalue weighted by Crippen LogP contribution is -2.41. The molecule has 1 atom stereocenters. The molecule has 0 aromatic heterocycles. The summed E-state index contributed by atoms with van der Waals surface area (Å²) in [5.74, 6) is -1.10. The fourth-order valence-corrected chi connectivity index (χ4v) is 2.69. The van der Waals surface area contributed by atoms with Crippen LogP contribution in [0.4, 0.5) is 0 Å². The minimum atomic E-state index is -3.45. The number of sulfonamides is 1. The molecule has 0 radical (unpaired) electrons.